The molecular weight excluding hydrogens is 266 g/mol. The van der Waals surface area contributed by atoms with E-state index in [1.807, 2.05) is 42.5 Å². The lowest BCUT2D eigenvalue weighted by Gasteiger charge is -2.09. The number of benzene rings is 2. The molecule has 2 rings (SSSR count). The fourth-order valence-electron chi connectivity index (χ4n) is 1.97. The second kappa shape index (κ2) is 8.17. The maximum atomic E-state index is 9.52. The average molecular weight is 287 g/mol. The summed E-state index contributed by atoms with van der Waals surface area (Å²) in [6, 6.07) is 15.2. The molecule has 112 valence electrons. The van der Waals surface area contributed by atoms with E-state index in [9.17, 15) is 5.11 Å². The molecule has 0 atom stereocenters. The Balaban J connectivity index is 1.63. The molecule has 0 aromatic heterocycles. The number of phenols is 1. The number of rotatable bonds is 8. The molecule has 2 aromatic rings. The van der Waals surface area contributed by atoms with Gasteiger partial charge in [-0.25, -0.2) is 0 Å². The van der Waals surface area contributed by atoms with Crippen molar-refractivity contribution in [3.63, 3.8) is 0 Å². The van der Waals surface area contributed by atoms with Crippen LogP contribution in [0.15, 0.2) is 48.5 Å². The van der Waals surface area contributed by atoms with Gasteiger partial charge < -0.3 is 19.9 Å². The van der Waals surface area contributed by atoms with Gasteiger partial charge in [-0.05, 0) is 42.8 Å². The van der Waals surface area contributed by atoms with E-state index in [4.69, 9.17) is 9.47 Å². The molecule has 2 N–H and O–H groups in total. The number of hydrogen-bond acceptors (Lipinski definition) is 4. The van der Waals surface area contributed by atoms with Crippen LogP contribution in [0.2, 0.25) is 0 Å². The number of hydrogen-bond donors (Lipinski definition) is 2. The molecule has 0 heterocycles. The lowest BCUT2D eigenvalue weighted by atomic mass is 10.2. The summed E-state index contributed by atoms with van der Waals surface area (Å²) in [5.74, 6) is 1.57. The van der Waals surface area contributed by atoms with Crippen LogP contribution in [0.25, 0.3) is 0 Å². The molecule has 0 fully saturated rings. The molecule has 0 aliphatic carbocycles. The summed E-state index contributed by atoms with van der Waals surface area (Å²) in [4.78, 5) is 0. The summed E-state index contributed by atoms with van der Waals surface area (Å²) in [6.07, 6.45) is 0.935. The van der Waals surface area contributed by atoms with Crippen LogP contribution in [0.5, 0.6) is 17.2 Å². The monoisotopic (exact) mass is 287 g/mol. The van der Waals surface area contributed by atoms with Gasteiger partial charge in [0.05, 0.1) is 13.7 Å². The number of phenolic OH excluding ortho intramolecular Hbond substituents is 1. The Bertz CT molecular complexity index is 543. The van der Waals surface area contributed by atoms with Crippen LogP contribution in [0.1, 0.15) is 12.0 Å². The fourth-order valence-corrected chi connectivity index (χ4v) is 1.97. The van der Waals surface area contributed by atoms with Gasteiger partial charge in [-0.1, -0.05) is 24.3 Å². The van der Waals surface area contributed by atoms with Crippen LogP contribution >= 0.6 is 0 Å². The highest BCUT2D eigenvalue weighted by molar-refractivity contribution is 5.41. The summed E-state index contributed by atoms with van der Waals surface area (Å²) < 4.78 is 10.7. The standard InChI is InChI=1S/C17H21NO3/c1-20-17-12-14(8-9-16(17)19)13-18-10-5-11-21-15-6-3-2-4-7-15/h2-4,6-9,12,18-19H,5,10-11,13H2,1H3. The fraction of sp³-hybridized carbons (Fsp3) is 0.294. The Morgan fingerprint density at radius 1 is 1.10 bits per heavy atom. The third-order valence-electron chi connectivity index (χ3n) is 3.08. The van der Waals surface area contributed by atoms with Crippen molar-refractivity contribution in [2.45, 2.75) is 13.0 Å². The lowest BCUT2D eigenvalue weighted by molar-refractivity contribution is 0.308. The number of para-hydroxylation sites is 1. The van der Waals surface area contributed by atoms with Crippen LogP contribution in [0, 0.1) is 0 Å². The Morgan fingerprint density at radius 3 is 2.67 bits per heavy atom. The highest BCUT2D eigenvalue weighted by Crippen LogP contribution is 2.26. The second-order valence-electron chi connectivity index (χ2n) is 4.70. The highest BCUT2D eigenvalue weighted by atomic mass is 16.5. The molecule has 0 radical (unpaired) electrons. The molecule has 4 nitrogen and oxygen atoms in total. The van der Waals surface area contributed by atoms with Crippen molar-refractivity contribution in [1.29, 1.82) is 0 Å². The summed E-state index contributed by atoms with van der Waals surface area (Å²) in [5.41, 5.74) is 1.08. The van der Waals surface area contributed by atoms with Gasteiger partial charge in [0.15, 0.2) is 11.5 Å². The van der Waals surface area contributed by atoms with Crippen LogP contribution < -0.4 is 14.8 Å². The molecule has 0 unspecified atom stereocenters. The van der Waals surface area contributed by atoms with Crippen molar-refractivity contribution >= 4 is 0 Å². The van der Waals surface area contributed by atoms with Gasteiger partial charge in [-0.15, -0.1) is 0 Å². The first-order chi connectivity index (χ1) is 10.3. The second-order valence-corrected chi connectivity index (χ2v) is 4.70. The number of nitrogens with one attached hydrogen (secondary N) is 1. The molecule has 0 saturated heterocycles. The Labute approximate surface area is 125 Å². The average Bonchev–Trinajstić information content (AvgIpc) is 2.53. The first-order valence-corrected chi connectivity index (χ1v) is 7.04. The zero-order valence-corrected chi connectivity index (χ0v) is 12.2. The van der Waals surface area contributed by atoms with Crippen molar-refractivity contribution in [3.8, 4) is 17.2 Å². The number of methoxy groups -OCH3 is 1. The predicted molar refractivity (Wildman–Crippen MR) is 82.9 cm³/mol. The maximum Gasteiger partial charge on any atom is 0.160 e. The molecule has 0 aliphatic rings. The summed E-state index contributed by atoms with van der Waals surface area (Å²) in [5, 5.41) is 12.9. The minimum atomic E-state index is 0.164. The van der Waals surface area contributed by atoms with Gasteiger partial charge in [0.2, 0.25) is 0 Å². The third kappa shape index (κ3) is 5.00. The van der Waals surface area contributed by atoms with E-state index < -0.39 is 0 Å². The normalized spacial score (nSPS) is 10.3. The van der Waals surface area contributed by atoms with Crippen molar-refractivity contribution in [2.75, 3.05) is 20.3 Å². The summed E-state index contributed by atoms with van der Waals surface area (Å²) in [7, 11) is 1.55. The van der Waals surface area contributed by atoms with E-state index in [2.05, 4.69) is 5.32 Å². The SMILES string of the molecule is COc1cc(CNCCCOc2ccccc2)ccc1O. The van der Waals surface area contributed by atoms with Crippen LogP contribution in [-0.4, -0.2) is 25.4 Å². The topological polar surface area (TPSA) is 50.7 Å². The molecule has 0 aliphatic heterocycles. The molecule has 0 amide bonds. The molecule has 2 aromatic carbocycles. The molecular formula is C17H21NO3. The Morgan fingerprint density at radius 2 is 1.90 bits per heavy atom. The van der Waals surface area contributed by atoms with Gasteiger partial charge in [-0.2, -0.15) is 0 Å². The van der Waals surface area contributed by atoms with Crippen molar-refractivity contribution in [2.24, 2.45) is 0 Å². The number of ether oxygens (including phenoxy) is 2. The van der Waals surface area contributed by atoms with E-state index in [0.29, 0.717) is 12.4 Å². The van der Waals surface area contributed by atoms with Gasteiger partial charge >= 0.3 is 0 Å². The van der Waals surface area contributed by atoms with Crippen LogP contribution in [0.3, 0.4) is 0 Å². The maximum absolute atomic E-state index is 9.52. The van der Waals surface area contributed by atoms with E-state index in [1.54, 1.807) is 13.2 Å². The lowest BCUT2D eigenvalue weighted by Crippen LogP contribution is -2.17. The first kappa shape index (κ1) is 15.2. The number of aromatic hydroxyl groups is 1. The van der Waals surface area contributed by atoms with Gasteiger partial charge in [0.1, 0.15) is 5.75 Å². The van der Waals surface area contributed by atoms with Gasteiger partial charge in [-0.3, -0.25) is 0 Å². The van der Waals surface area contributed by atoms with E-state index in [1.165, 1.54) is 0 Å². The molecule has 0 bridgehead atoms. The van der Waals surface area contributed by atoms with E-state index in [0.717, 1.165) is 30.8 Å². The quantitative estimate of drug-likeness (QED) is 0.733. The summed E-state index contributed by atoms with van der Waals surface area (Å²) in [6.45, 7) is 2.30. The van der Waals surface area contributed by atoms with Gasteiger partial charge in [0, 0.05) is 6.54 Å². The minimum absolute atomic E-state index is 0.164. The van der Waals surface area contributed by atoms with Crippen molar-refractivity contribution < 1.29 is 14.6 Å². The summed E-state index contributed by atoms with van der Waals surface area (Å²) >= 11 is 0. The van der Waals surface area contributed by atoms with Crippen molar-refractivity contribution in [3.05, 3.63) is 54.1 Å². The molecule has 21 heavy (non-hydrogen) atoms. The van der Waals surface area contributed by atoms with Gasteiger partial charge in [0.25, 0.3) is 0 Å². The Hall–Kier alpha value is -2.20. The molecule has 0 saturated carbocycles. The van der Waals surface area contributed by atoms with E-state index in [-0.39, 0.29) is 5.75 Å². The van der Waals surface area contributed by atoms with E-state index >= 15 is 0 Å². The smallest absolute Gasteiger partial charge is 0.160 e. The van der Waals surface area contributed by atoms with Crippen molar-refractivity contribution in [1.82, 2.24) is 5.32 Å². The minimum Gasteiger partial charge on any atom is -0.504 e. The third-order valence-corrected chi connectivity index (χ3v) is 3.08. The molecule has 0 spiro atoms. The zero-order valence-electron chi connectivity index (χ0n) is 12.2. The van der Waals surface area contributed by atoms with Crippen LogP contribution in [0.4, 0.5) is 0 Å². The largest absolute Gasteiger partial charge is 0.504 e. The Kier molecular flexibility index (Phi) is 5.91. The van der Waals surface area contributed by atoms with Crippen LogP contribution in [-0.2, 0) is 6.54 Å². The predicted octanol–water partition coefficient (Wildman–Crippen LogP) is 2.96. The first-order valence-electron chi connectivity index (χ1n) is 7.04. The molecule has 4 heteroatoms. The zero-order chi connectivity index (χ0) is 14.9. The highest BCUT2D eigenvalue weighted by Gasteiger charge is 2.02.